The Balaban J connectivity index is 1.80. The lowest BCUT2D eigenvalue weighted by molar-refractivity contribution is -0.153. The molecule has 0 aromatic heterocycles. The van der Waals surface area contributed by atoms with Crippen molar-refractivity contribution in [3.05, 3.63) is 59.7 Å². The largest absolute Gasteiger partial charge is 0.479 e. The maximum Gasteiger partial charge on any atom is 0.347 e. The summed E-state index contributed by atoms with van der Waals surface area (Å²) in [6.45, 7) is 2.51. The van der Waals surface area contributed by atoms with Crippen LogP contribution in [0.25, 0.3) is 0 Å². The van der Waals surface area contributed by atoms with Gasteiger partial charge in [-0.1, -0.05) is 6.07 Å². The zero-order valence-electron chi connectivity index (χ0n) is 13.7. The summed E-state index contributed by atoms with van der Waals surface area (Å²) in [4.78, 5) is 23.5. The first-order valence-electron chi connectivity index (χ1n) is 7.50. The van der Waals surface area contributed by atoms with Crippen LogP contribution >= 0.6 is 0 Å². The van der Waals surface area contributed by atoms with E-state index < -0.39 is 36.2 Å². The van der Waals surface area contributed by atoms with E-state index >= 15 is 0 Å². The van der Waals surface area contributed by atoms with E-state index in [9.17, 15) is 18.4 Å². The molecule has 0 aliphatic rings. The van der Waals surface area contributed by atoms with Gasteiger partial charge in [0.05, 0.1) is 0 Å². The molecular formula is C18H17F2NO4. The molecule has 5 nitrogen and oxygen atoms in total. The summed E-state index contributed by atoms with van der Waals surface area (Å²) in [5.41, 5.74) is 0.718. The van der Waals surface area contributed by atoms with Crippen LogP contribution in [-0.2, 0) is 14.3 Å². The van der Waals surface area contributed by atoms with Gasteiger partial charge in [0.1, 0.15) is 17.4 Å². The predicted octanol–water partition coefficient (Wildman–Crippen LogP) is 3.22. The van der Waals surface area contributed by atoms with Gasteiger partial charge in [-0.15, -0.1) is 0 Å². The summed E-state index contributed by atoms with van der Waals surface area (Å²) in [6, 6.07) is 9.38. The molecule has 0 saturated carbocycles. The molecule has 0 unspecified atom stereocenters. The molecule has 0 saturated heterocycles. The van der Waals surface area contributed by atoms with Gasteiger partial charge in [-0.25, -0.2) is 13.6 Å². The van der Waals surface area contributed by atoms with Crippen LogP contribution in [0.4, 0.5) is 14.5 Å². The van der Waals surface area contributed by atoms with Crippen molar-refractivity contribution in [2.45, 2.75) is 20.0 Å². The van der Waals surface area contributed by atoms with Gasteiger partial charge in [-0.05, 0) is 55.8 Å². The molecule has 0 spiro atoms. The molecule has 1 N–H and O–H groups in total. The van der Waals surface area contributed by atoms with Crippen LogP contribution < -0.4 is 10.1 Å². The number of esters is 1. The molecule has 0 fully saturated rings. The Labute approximate surface area is 143 Å². The van der Waals surface area contributed by atoms with Crippen LogP contribution in [0, 0.1) is 18.6 Å². The second-order valence-electron chi connectivity index (χ2n) is 5.33. The SMILES string of the molecule is Cc1ccc(NC(=O)COC(=O)[C@H](C)Oc2ccc(F)cc2)cc1F. The highest BCUT2D eigenvalue weighted by Crippen LogP contribution is 2.14. The quantitative estimate of drug-likeness (QED) is 0.814. The fraction of sp³-hybridized carbons (Fsp3) is 0.222. The summed E-state index contributed by atoms with van der Waals surface area (Å²) < 4.78 is 36.3. The van der Waals surface area contributed by atoms with Gasteiger partial charge < -0.3 is 14.8 Å². The van der Waals surface area contributed by atoms with Crippen LogP contribution in [0.2, 0.25) is 0 Å². The van der Waals surface area contributed by atoms with Crippen molar-refractivity contribution in [1.82, 2.24) is 0 Å². The second kappa shape index (κ2) is 8.23. The van der Waals surface area contributed by atoms with Crippen LogP contribution in [0.15, 0.2) is 42.5 Å². The molecule has 0 heterocycles. The number of benzene rings is 2. The van der Waals surface area contributed by atoms with Crippen molar-refractivity contribution in [1.29, 1.82) is 0 Å². The van der Waals surface area contributed by atoms with Crippen molar-refractivity contribution in [2.75, 3.05) is 11.9 Å². The number of hydrogen-bond acceptors (Lipinski definition) is 4. The third-order valence-corrected chi connectivity index (χ3v) is 3.26. The molecule has 0 aliphatic heterocycles. The predicted molar refractivity (Wildman–Crippen MR) is 87.2 cm³/mol. The van der Waals surface area contributed by atoms with Crippen molar-refractivity contribution < 1.29 is 27.8 Å². The Morgan fingerprint density at radius 3 is 2.44 bits per heavy atom. The minimum atomic E-state index is -0.977. The first-order valence-corrected chi connectivity index (χ1v) is 7.50. The Hall–Kier alpha value is -2.96. The van der Waals surface area contributed by atoms with E-state index in [1.54, 1.807) is 13.0 Å². The first kappa shape index (κ1) is 18.4. The number of halogens is 2. The van der Waals surface area contributed by atoms with Gasteiger partial charge in [0.15, 0.2) is 12.7 Å². The molecule has 132 valence electrons. The van der Waals surface area contributed by atoms with Crippen LogP contribution in [-0.4, -0.2) is 24.6 Å². The smallest absolute Gasteiger partial charge is 0.347 e. The number of nitrogens with one attached hydrogen (secondary N) is 1. The van der Waals surface area contributed by atoms with Crippen LogP contribution in [0.3, 0.4) is 0 Å². The summed E-state index contributed by atoms with van der Waals surface area (Å²) >= 11 is 0. The van der Waals surface area contributed by atoms with Gasteiger partial charge in [-0.2, -0.15) is 0 Å². The van der Waals surface area contributed by atoms with E-state index in [-0.39, 0.29) is 5.69 Å². The maximum absolute atomic E-state index is 13.4. The third-order valence-electron chi connectivity index (χ3n) is 3.26. The van der Waals surface area contributed by atoms with Crippen LogP contribution in [0.5, 0.6) is 5.75 Å². The molecule has 2 aromatic rings. The van der Waals surface area contributed by atoms with Gasteiger partial charge in [0.2, 0.25) is 0 Å². The summed E-state index contributed by atoms with van der Waals surface area (Å²) in [5.74, 6) is -1.94. The third kappa shape index (κ3) is 5.56. The monoisotopic (exact) mass is 349 g/mol. The first-order chi connectivity index (χ1) is 11.8. The summed E-state index contributed by atoms with van der Waals surface area (Å²) in [6.07, 6.45) is -0.977. The minimum absolute atomic E-state index is 0.264. The fourth-order valence-corrected chi connectivity index (χ4v) is 1.89. The van der Waals surface area contributed by atoms with Crippen molar-refractivity contribution in [3.8, 4) is 5.75 Å². The average Bonchev–Trinajstić information content (AvgIpc) is 2.58. The number of carbonyl (C=O) groups is 2. The topological polar surface area (TPSA) is 64.6 Å². The lowest BCUT2D eigenvalue weighted by Crippen LogP contribution is -2.29. The molecule has 0 radical (unpaired) electrons. The molecule has 1 amide bonds. The van der Waals surface area contributed by atoms with E-state index in [2.05, 4.69) is 5.32 Å². The Kier molecular flexibility index (Phi) is 6.05. The summed E-state index contributed by atoms with van der Waals surface area (Å²) in [5, 5.41) is 2.42. The molecule has 25 heavy (non-hydrogen) atoms. The zero-order valence-corrected chi connectivity index (χ0v) is 13.7. The number of aryl methyl sites for hydroxylation is 1. The molecule has 2 aromatic carbocycles. The molecule has 0 aliphatic carbocycles. The van der Waals surface area contributed by atoms with E-state index in [0.29, 0.717) is 11.3 Å². The van der Waals surface area contributed by atoms with E-state index in [1.807, 2.05) is 0 Å². The second-order valence-corrected chi connectivity index (χ2v) is 5.33. The maximum atomic E-state index is 13.4. The van der Waals surface area contributed by atoms with E-state index in [1.165, 1.54) is 43.3 Å². The fourth-order valence-electron chi connectivity index (χ4n) is 1.89. The highest BCUT2D eigenvalue weighted by molar-refractivity contribution is 5.93. The van der Waals surface area contributed by atoms with Gasteiger partial charge in [0, 0.05) is 5.69 Å². The molecule has 2 rings (SSSR count). The molecule has 1 atom stereocenters. The standard InChI is InChI=1S/C18H17F2NO4/c1-11-3-6-14(9-16(11)20)21-17(22)10-24-18(23)12(2)25-15-7-4-13(19)5-8-15/h3-9,12H,10H2,1-2H3,(H,21,22)/t12-/m0/s1. The summed E-state index contributed by atoms with van der Waals surface area (Å²) in [7, 11) is 0. The number of anilines is 1. The van der Waals surface area contributed by atoms with Gasteiger partial charge in [0.25, 0.3) is 5.91 Å². The Morgan fingerprint density at radius 1 is 1.12 bits per heavy atom. The van der Waals surface area contributed by atoms with Crippen molar-refractivity contribution in [3.63, 3.8) is 0 Å². The number of ether oxygens (including phenoxy) is 2. The molecule has 7 heteroatoms. The number of rotatable bonds is 6. The number of carbonyl (C=O) groups excluding carboxylic acids is 2. The number of hydrogen-bond donors (Lipinski definition) is 1. The van der Waals surface area contributed by atoms with Crippen molar-refractivity contribution in [2.24, 2.45) is 0 Å². The highest BCUT2D eigenvalue weighted by atomic mass is 19.1. The Morgan fingerprint density at radius 2 is 1.80 bits per heavy atom. The van der Waals surface area contributed by atoms with E-state index in [4.69, 9.17) is 9.47 Å². The van der Waals surface area contributed by atoms with Crippen molar-refractivity contribution >= 4 is 17.6 Å². The van der Waals surface area contributed by atoms with Gasteiger partial charge in [-0.3, -0.25) is 4.79 Å². The average molecular weight is 349 g/mol. The Bertz CT molecular complexity index is 762. The lowest BCUT2D eigenvalue weighted by atomic mass is 10.2. The normalized spacial score (nSPS) is 11.5. The minimum Gasteiger partial charge on any atom is -0.479 e. The van der Waals surface area contributed by atoms with Gasteiger partial charge >= 0.3 is 5.97 Å². The molecular weight excluding hydrogens is 332 g/mol. The number of amides is 1. The zero-order chi connectivity index (χ0) is 18.4. The molecule has 0 bridgehead atoms. The highest BCUT2D eigenvalue weighted by Gasteiger charge is 2.18. The lowest BCUT2D eigenvalue weighted by Gasteiger charge is -2.14. The van der Waals surface area contributed by atoms with E-state index in [0.717, 1.165) is 0 Å². The van der Waals surface area contributed by atoms with Crippen LogP contribution in [0.1, 0.15) is 12.5 Å².